The second kappa shape index (κ2) is 11.9. The molecular weight excluding hydrogens is 666 g/mol. The fourth-order valence-corrected chi connectivity index (χ4v) is 5.21. The monoisotopic (exact) mass is 692 g/mol. The highest BCUT2D eigenvalue weighted by Gasteiger charge is 2.37. The van der Waals surface area contributed by atoms with Crippen molar-refractivity contribution in [3.05, 3.63) is 89.1 Å². The largest absolute Gasteiger partial charge is 0.489 e. The number of ether oxygens (including phenoxy) is 2. The number of benzene rings is 2. The van der Waals surface area contributed by atoms with E-state index < -0.39 is 5.82 Å². The number of nitrogens with zero attached hydrogens (tertiary/aromatic N) is 7. The van der Waals surface area contributed by atoms with Gasteiger partial charge in [0, 0.05) is 77.4 Å². The maximum atomic E-state index is 14.4. The minimum absolute atomic E-state index is 0.0563. The summed E-state index contributed by atoms with van der Waals surface area (Å²) in [6.45, 7) is 3.76. The van der Waals surface area contributed by atoms with Crippen molar-refractivity contribution < 1.29 is 18.7 Å². The van der Waals surface area contributed by atoms with Crippen molar-refractivity contribution in [1.82, 2.24) is 34.6 Å². The Hall–Kier alpha value is -4.66. The van der Waals surface area contributed by atoms with Crippen LogP contribution in [0.2, 0.25) is 0 Å². The fraction of sp³-hybridized carbons (Fsp3) is 0.200. The molecule has 0 saturated heterocycles. The van der Waals surface area contributed by atoms with Gasteiger partial charge in [0.05, 0.1) is 11.4 Å². The van der Waals surface area contributed by atoms with Crippen molar-refractivity contribution >= 4 is 45.3 Å². The molecule has 11 nitrogen and oxygen atoms in total. The molecule has 1 amide bonds. The second-order valence-electron chi connectivity index (χ2n) is 10.1. The second-order valence-corrected chi connectivity index (χ2v) is 11.0. The molecule has 0 unspecified atom stereocenters. The quantitative estimate of drug-likeness (QED) is 0.124. The number of rotatable bonds is 9. The van der Waals surface area contributed by atoms with Crippen LogP contribution in [0, 0.1) is 9.65 Å². The molecule has 3 heterocycles. The van der Waals surface area contributed by atoms with Crippen LogP contribution >= 0.6 is 22.6 Å². The average molecular weight is 692 g/mol. The minimum Gasteiger partial charge on any atom is -0.489 e. The van der Waals surface area contributed by atoms with Crippen molar-refractivity contribution in [3.63, 3.8) is 0 Å². The Morgan fingerprint density at radius 3 is 2.56 bits per heavy atom. The summed E-state index contributed by atoms with van der Waals surface area (Å²) in [6, 6.07) is 11.6. The van der Waals surface area contributed by atoms with E-state index in [-0.39, 0.29) is 30.3 Å². The number of fused-ring (bicyclic) bond motifs is 1. The van der Waals surface area contributed by atoms with Crippen molar-refractivity contribution in [2.24, 2.45) is 0 Å². The van der Waals surface area contributed by atoms with Crippen molar-refractivity contribution in [2.45, 2.75) is 31.5 Å². The van der Waals surface area contributed by atoms with Crippen LogP contribution in [-0.4, -0.2) is 53.6 Å². The lowest BCUT2D eigenvalue weighted by molar-refractivity contribution is -0.129. The Labute approximate surface area is 259 Å². The van der Waals surface area contributed by atoms with Gasteiger partial charge in [-0.2, -0.15) is 5.10 Å². The molecule has 3 aromatic heterocycles. The molecule has 43 heavy (non-hydrogen) atoms. The van der Waals surface area contributed by atoms with E-state index in [9.17, 15) is 9.18 Å². The lowest BCUT2D eigenvalue weighted by Crippen LogP contribution is -2.45. The highest BCUT2D eigenvalue weighted by Crippen LogP contribution is 2.40. The molecule has 2 N–H and O–H groups in total. The van der Waals surface area contributed by atoms with Gasteiger partial charge in [-0.1, -0.05) is 6.58 Å². The summed E-state index contributed by atoms with van der Waals surface area (Å²) in [5.74, 6) is 0.821. The Morgan fingerprint density at radius 1 is 1.12 bits per heavy atom. The molecule has 1 aliphatic rings. The van der Waals surface area contributed by atoms with Gasteiger partial charge < -0.3 is 20.1 Å². The Morgan fingerprint density at radius 2 is 1.84 bits per heavy atom. The number of anilines is 1. The first-order valence-corrected chi connectivity index (χ1v) is 14.4. The maximum absolute atomic E-state index is 14.4. The summed E-state index contributed by atoms with van der Waals surface area (Å²) in [4.78, 5) is 30.6. The van der Waals surface area contributed by atoms with Gasteiger partial charge in [-0.05, 0) is 43.2 Å². The molecule has 1 fully saturated rings. The molecule has 0 aliphatic heterocycles. The molecule has 1 aliphatic carbocycles. The zero-order chi connectivity index (χ0) is 30.1. The van der Waals surface area contributed by atoms with E-state index in [1.54, 1.807) is 42.5 Å². The standard InChI is InChI=1S/C30H26FIN8O3/c1-3-25(41)39(2)20-10-21(11-20)40-29-26(28(33)36-16-37-29)27(38-40)18-4-6-22(7-5-18)43-24-9-19(31)8-23(12-24)42-15-17-13-34-30(32)35-14-17/h3-9,12-14,16,20-21H,1,10-11,15H2,2H3,(H2,33,36,37). The van der Waals surface area contributed by atoms with Gasteiger partial charge in [0.15, 0.2) is 9.48 Å². The summed E-state index contributed by atoms with van der Waals surface area (Å²) in [5, 5.41) is 5.54. The molecule has 5 aromatic rings. The summed E-state index contributed by atoms with van der Waals surface area (Å²) >= 11 is 2.02. The average Bonchev–Trinajstić information content (AvgIpc) is 3.36. The Bertz CT molecular complexity index is 1810. The molecule has 218 valence electrons. The van der Waals surface area contributed by atoms with Crippen LogP contribution in [0.3, 0.4) is 0 Å². The fourth-order valence-electron chi connectivity index (χ4n) is 4.93. The number of carbonyl (C=O) groups is 1. The number of hydrogen-bond acceptors (Lipinski definition) is 9. The zero-order valence-electron chi connectivity index (χ0n) is 23.0. The molecule has 2 aromatic carbocycles. The molecule has 6 rings (SSSR count). The minimum atomic E-state index is -0.492. The van der Waals surface area contributed by atoms with Gasteiger partial charge in [0.2, 0.25) is 5.91 Å². The first kappa shape index (κ1) is 28.5. The predicted octanol–water partition coefficient (Wildman–Crippen LogP) is 5.33. The predicted molar refractivity (Wildman–Crippen MR) is 166 cm³/mol. The van der Waals surface area contributed by atoms with E-state index in [0.29, 0.717) is 37.9 Å². The molecule has 13 heteroatoms. The zero-order valence-corrected chi connectivity index (χ0v) is 25.2. The molecular formula is C30H26FIN8O3. The number of hydrogen-bond donors (Lipinski definition) is 1. The third-order valence-electron chi connectivity index (χ3n) is 7.31. The molecule has 0 spiro atoms. The van der Waals surface area contributed by atoms with Crippen LogP contribution in [0.15, 0.2) is 73.8 Å². The Kier molecular flexibility index (Phi) is 7.88. The number of amides is 1. The van der Waals surface area contributed by atoms with E-state index in [0.717, 1.165) is 24.0 Å². The number of likely N-dealkylation sites (N-methyl/N-ethyl adjacent to an activating group) is 1. The number of aromatic nitrogens is 6. The Balaban J connectivity index is 1.19. The summed E-state index contributed by atoms with van der Waals surface area (Å²) in [7, 11) is 1.78. The van der Waals surface area contributed by atoms with E-state index in [1.165, 1.54) is 24.5 Å². The van der Waals surface area contributed by atoms with E-state index >= 15 is 0 Å². The van der Waals surface area contributed by atoms with Crippen LogP contribution in [0.1, 0.15) is 24.4 Å². The van der Waals surface area contributed by atoms with Gasteiger partial charge in [-0.25, -0.2) is 29.0 Å². The lowest BCUT2D eigenvalue weighted by Gasteiger charge is -2.40. The smallest absolute Gasteiger partial charge is 0.245 e. The van der Waals surface area contributed by atoms with Crippen LogP contribution in [0.4, 0.5) is 10.2 Å². The number of nitrogen functional groups attached to an aromatic ring is 1. The SMILES string of the molecule is C=CC(=O)N(C)C1CC(n2nc(-c3ccc(Oc4cc(F)cc(OCc5cnc(I)nc5)c4)cc3)c3c(N)ncnc32)C1. The van der Waals surface area contributed by atoms with E-state index in [4.69, 9.17) is 20.3 Å². The molecule has 0 radical (unpaired) electrons. The first-order valence-electron chi connectivity index (χ1n) is 13.3. The van der Waals surface area contributed by atoms with Gasteiger partial charge in [0.25, 0.3) is 0 Å². The van der Waals surface area contributed by atoms with Crippen LogP contribution in [-0.2, 0) is 11.4 Å². The molecule has 0 bridgehead atoms. The molecule has 0 atom stereocenters. The van der Waals surface area contributed by atoms with E-state index in [1.807, 2.05) is 39.4 Å². The van der Waals surface area contributed by atoms with Crippen molar-refractivity contribution in [1.29, 1.82) is 0 Å². The van der Waals surface area contributed by atoms with Crippen molar-refractivity contribution in [3.8, 4) is 28.5 Å². The maximum Gasteiger partial charge on any atom is 0.245 e. The number of nitrogens with two attached hydrogens (primary N) is 1. The van der Waals surface area contributed by atoms with Gasteiger partial charge in [0.1, 0.15) is 47.5 Å². The topological polar surface area (TPSA) is 134 Å². The summed E-state index contributed by atoms with van der Waals surface area (Å²) in [5.41, 5.74) is 9.10. The van der Waals surface area contributed by atoms with Crippen molar-refractivity contribution in [2.75, 3.05) is 12.8 Å². The highest BCUT2D eigenvalue weighted by molar-refractivity contribution is 14.1. The highest BCUT2D eigenvalue weighted by atomic mass is 127. The summed E-state index contributed by atoms with van der Waals surface area (Å²) in [6.07, 6.45) is 7.53. The number of carbonyl (C=O) groups excluding carboxylic acids is 1. The van der Waals surface area contributed by atoms with Crippen LogP contribution in [0.25, 0.3) is 22.3 Å². The third kappa shape index (κ3) is 5.98. The first-order chi connectivity index (χ1) is 20.8. The number of halogens is 2. The third-order valence-corrected chi connectivity index (χ3v) is 7.87. The normalized spacial score (nSPS) is 16.0. The van der Waals surface area contributed by atoms with Gasteiger partial charge in [-0.3, -0.25) is 4.79 Å². The lowest BCUT2D eigenvalue weighted by atomic mass is 9.85. The summed E-state index contributed by atoms with van der Waals surface area (Å²) < 4.78 is 28.5. The van der Waals surface area contributed by atoms with Gasteiger partial charge >= 0.3 is 0 Å². The van der Waals surface area contributed by atoms with E-state index in [2.05, 4.69) is 26.5 Å². The van der Waals surface area contributed by atoms with Crippen LogP contribution < -0.4 is 15.2 Å². The molecule has 1 saturated carbocycles. The van der Waals surface area contributed by atoms with Crippen LogP contribution in [0.5, 0.6) is 17.2 Å². The van der Waals surface area contributed by atoms with Gasteiger partial charge in [-0.15, -0.1) is 0 Å².